The zero-order chi connectivity index (χ0) is 16.5. The summed E-state index contributed by atoms with van der Waals surface area (Å²) in [4.78, 5) is 1.56. The van der Waals surface area contributed by atoms with Crippen LogP contribution in [0.1, 0.15) is 90.9 Å². The molecule has 0 aromatic carbocycles. The van der Waals surface area contributed by atoms with Crippen LogP contribution in [0, 0.1) is 11.8 Å². The first kappa shape index (κ1) is 20.9. The molecule has 1 aliphatic rings. The fourth-order valence-corrected chi connectivity index (χ4v) is 2.96. The Morgan fingerprint density at radius 2 is 1.36 bits per heavy atom. The smallest absolute Gasteiger partial charge is 0.102 e. The van der Waals surface area contributed by atoms with Crippen LogP contribution in [0.15, 0.2) is 24.0 Å². The van der Waals surface area contributed by atoms with Crippen LogP contribution in [0.3, 0.4) is 0 Å². The molecule has 1 aliphatic heterocycles. The highest BCUT2D eigenvalue weighted by molar-refractivity contribution is 5.17. The van der Waals surface area contributed by atoms with E-state index in [1.807, 2.05) is 0 Å². The fraction of sp³-hybridized carbons (Fsp3) is 0.750. The van der Waals surface area contributed by atoms with Gasteiger partial charge in [0, 0.05) is 11.6 Å². The molecule has 1 heterocycles. The van der Waals surface area contributed by atoms with E-state index in [4.69, 9.17) is 11.8 Å². The molecule has 126 valence electrons. The maximum atomic E-state index is 6.25. The third-order valence-electron chi connectivity index (χ3n) is 4.24. The number of hydrogen-bond acceptors (Lipinski definition) is 1. The summed E-state index contributed by atoms with van der Waals surface area (Å²) in [7, 11) is 0. The normalized spacial score (nSPS) is 16.2. The topological polar surface area (TPSA) is 28.2 Å². The quantitative estimate of drug-likeness (QED) is 0.372. The van der Waals surface area contributed by atoms with Gasteiger partial charge in [-0.25, -0.2) is 0 Å². The van der Waals surface area contributed by atoms with E-state index in [0.29, 0.717) is 0 Å². The highest BCUT2D eigenvalue weighted by atomic mass is 15.1. The van der Waals surface area contributed by atoms with Gasteiger partial charge in [-0.15, -0.1) is 0 Å². The number of nitrogens with one attached hydrogen (secondary N) is 1. The lowest BCUT2D eigenvalue weighted by Gasteiger charge is -2.06. The van der Waals surface area contributed by atoms with Crippen molar-refractivity contribution in [2.45, 2.75) is 90.9 Å². The van der Waals surface area contributed by atoms with Crippen molar-refractivity contribution in [3.05, 3.63) is 30.6 Å². The molecule has 0 bridgehead atoms. The lowest BCUT2D eigenvalue weighted by Crippen LogP contribution is -3.01. The number of hydrogen-bond donors (Lipinski definition) is 1. The van der Waals surface area contributed by atoms with Crippen LogP contribution in [0.4, 0.5) is 0 Å². The molecule has 2 heteroatoms. The second-order valence-electron chi connectivity index (χ2n) is 6.31. The minimum atomic E-state index is 1.25. The highest BCUT2D eigenvalue weighted by Crippen LogP contribution is 2.10. The number of rotatable bonds is 13. The number of nitrogens with zero attached hydrogens (tertiary/aromatic N) is 1. The summed E-state index contributed by atoms with van der Waals surface area (Å²) in [5, 5.41) is 6.25. The van der Waals surface area contributed by atoms with Crippen molar-refractivity contribution in [1.29, 1.82) is 5.26 Å². The van der Waals surface area contributed by atoms with Crippen LogP contribution < -0.4 is 4.90 Å². The Labute approximate surface area is 138 Å². The lowest BCUT2D eigenvalue weighted by atomic mass is 10.1. The maximum Gasteiger partial charge on any atom is 0.102 e. The van der Waals surface area contributed by atoms with E-state index >= 15 is 0 Å². The third-order valence-corrected chi connectivity index (χ3v) is 4.24. The summed E-state index contributed by atoms with van der Waals surface area (Å²) in [6, 6.07) is 0. The Morgan fingerprint density at radius 1 is 0.818 bits per heavy atom. The highest BCUT2D eigenvalue weighted by Gasteiger charge is 2.09. The zero-order valence-electron chi connectivity index (χ0n) is 14.9. The summed E-state index contributed by atoms with van der Waals surface area (Å²) in [5.41, 5.74) is 1.54. The van der Waals surface area contributed by atoms with Crippen LogP contribution in [-0.2, 0) is 0 Å². The standard InChI is InChI=1S/C19H35N.CN/c1-3-5-6-7-8-9-10-11-12-13-16-20-17-15-19(18-20)14-4-2;1-2/h15,17-18H,3-14,16H2,1-2H3;/q;-1/p+1. The van der Waals surface area contributed by atoms with Crippen molar-refractivity contribution in [3.8, 4) is 0 Å². The van der Waals surface area contributed by atoms with Gasteiger partial charge in [-0.05, 0) is 19.3 Å². The Bertz CT molecular complexity index is 315. The molecule has 0 amide bonds. The van der Waals surface area contributed by atoms with Crippen LogP contribution in [0.2, 0.25) is 0 Å². The molecule has 2 nitrogen and oxygen atoms in total. The molecular weight excluding hydrogens is 268 g/mol. The van der Waals surface area contributed by atoms with Crippen molar-refractivity contribution in [1.82, 2.24) is 0 Å². The predicted molar refractivity (Wildman–Crippen MR) is 94.8 cm³/mol. The first-order chi connectivity index (χ1) is 10.9. The largest absolute Gasteiger partial charge is 0.512 e. The molecule has 22 heavy (non-hydrogen) atoms. The molecule has 0 fully saturated rings. The van der Waals surface area contributed by atoms with Gasteiger partial charge in [0.25, 0.3) is 0 Å². The van der Waals surface area contributed by atoms with Crippen molar-refractivity contribution in [2.75, 3.05) is 6.54 Å². The summed E-state index contributed by atoms with van der Waals surface area (Å²) in [6.45, 7) is 10.6. The third kappa shape index (κ3) is 11.6. The monoisotopic (exact) mass is 304 g/mol. The summed E-state index contributed by atoms with van der Waals surface area (Å²) in [5.74, 6) is 0. The maximum absolute atomic E-state index is 6.25. The van der Waals surface area contributed by atoms with Gasteiger partial charge in [0.2, 0.25) is 0 Å². The molecule has 0 spiro atoms. The second kappa shape index (κ2) is 16.3. The number of unbranched alkanes of at least 4 members (excludes halogenated alkanes) is 9. The fourth-order valence-electron chi connectivity index (χ4n) is 2.96. The molecule has 1 N–H and O–H groups in total. The molecule has 0 saturated heterocycles. The average Bonchev–Trinajstić information content (AvgIpc) is 2.99. The van der Waals surface area contributed by atoms with Crippen LogP contribution >= 0.6 is 0 Å². The number of quaternary nitrogens is 1. The Morgan fingerprint density at radius 3 is 1.91 bits per heavy atom. The van der Waals surface area contributed by atoms with Crippen LogP contribution in [0.5, 0.6) is 0 Å². The van der Waals surface area contributed by atoms with Gasteiger partial charge in [-0.3, -0.25) is 4.90 Å². The van der Waals surface area contributed by atoms with Gasteiger partial charge in [-0.1, -0.05) is 71.6 Å². The molecule has 0 saturated carbocycles. The van der Waals surface area contributed by atoms with Gasteiger partial charge in [0.1, 0.15) is 6.20 Å². The predicted octanol–water partition coefficient (Wildman–Crippen LogP) is 5.10. The molecule has 0 radical (unpaired) electrons. The molecule has 0 aromatic heterocycles. The van der Waals surface area contributed by atoms with Crippen molar-refractivity contribution >= 4 is 0 Å². The van der Waals surface area contributed by atoms with E-state index in [9.17, 15) is 0 Å². The van der Waals surface area contributed by atoms with Gasteiger partial charge in [-0.2, -0.15) is 0 Å². The van der Waals surface area contributed by atoms with Crippen LogP contribution in [0.25, 0.3) is 0 Å². The van der Waals surface area contributed by atoms with Crippen molar-refractivity contribution < 1.29 is 4.90 Å². The van der Waals surface area contributed by atoms with Gasteiger partial charge >= 0.3 is 0 Å². The van der Waals surface area contributed by atoms with E-state index in [-0.39, 0.29) is 0 Å². The average molecular weight is 305 g/mol. The second-order valence-corrected chi connectivity index (χ2v) is 6.31. The van der Waals surface area contributed by atoms with E-state index in [1.165, 1.54) is 89.2 Å². The molecule has 0 aliphatic carbocycles. The van der Waals surface area contributed by atoms with Crippen molar-refractivity contribution in [2.24, 2.45) is 0 Å². The molecular formula is C20H36N2. The Balaban J connectivity index is 0.00000211. The van der Waals surface area contributed by atoms with Crippen LogP contribution in [-0.4, -0.2) is 6.54 Å². The molecule has 0 aromatic rings. The number of allylic oxidation sites excluding steroid dienone is 2. The molecule has 1 unspecified atom stereocenters. The van der Waals surface area contributed by atoms with E-state index in [0.717, 1.165) is 0 Å². The SMILES string of the molecule is CCCCCCCCCCCC[NH+]1C=CC(CCC)=C1.[C-]#N. The van der Waals surface area contributed by atoms with E-state index in [1.54, 1.807) is 4.90 Å². The Hall–Kier alpha value is -1.07. The summed E-state index contributed by atoms with van der Waals surface area (Å²) < 4.78 is 0. The summed E-state index contributed by atoms with van der Waals surface area (Å²) in [6.07, 6.45) is 23.9. The zero-order valence-corrected chi connectivity index (χ0v) is 14.9. The van der Waals surface area contributed by atoms with Gasteiger partial charge in [0.15, 0.2) is 0 Å². The van der Waals surface area contributed by atoms with Gasteiger partial charge in [0.05, 0.1) is 12.7 Å². The Kier molecular flexibility index (Phi) is 15.5. The minimum Gasteiger partial charge on any atom is -0.512 e. The lowest BCUT2D eigenvalue weighted by molar-refractivity contribution is -0.788. The minimum absolute atomic E-state index is 1.25. The van der Waals surface area contributed by atoms with Gasteiger partial charge < -0.3 is 11.8 Å². The van der Waals surface area contributed by atoms with Crippen molar-refractivity contribution in [3.63, 3.8) is 0 Å². The van der Waals surface area contributed by atoms with E-state index < -0.39 is 0 Å². The first-order valence-corrected chi connectivity index (χ1v) is 9.33. The van der Waals surface area contributed by atoms with E-state index in [2.05, 4.69) is 32.3 Å². The molecule has 1 atom stereocenters. The molecule has 1 rings (SSSR count). The summed E-state index contributed by atoms with van der Waals surface area (Å²) >= 11 is 0. The first-order valence-electron chi connectivity index (χ1n) is 9.33.